The molecule has 1 atom stereocenters. The molecule has 0 saturated carbocycles. The van der Waals surface area contributed by atoms with Crippen molar-refractivity contribution in [2.24, 2.45) is 29.0 Å². The van der Waals surface area contributed by atoms with Gasteiger partial charge in [-0.2, -0.15) is 0 Å². The van der Waals surface area contributed by atoms with E-state index in [9.17, 15) is 4.79 Å². The maximum atomic E-state index is 9.42. The summed E-state index contributed by atoms with van der Waals surface area (Å²) in [4.78, 5) is 28.4. The molecule has 0 radical (unpaired) electrons. The third-order valence-electron chi connectivity index (χ3n) is 5.78. The number of thioether (sulfide) groups is 1. The maximum absolute atomic E-state index is 9.42. The van der Waals surface area contributed by atoms with Crippen LogP contribution < -0.4 is 28.3 Å². The predicted octanol–water partition coefficient (Wildman–Crippen LogP) is 4.48. The Morgan fingerprint density at radius 1 is 1.15 bits per heavy atom. The first-order valence-corrected chi connectivity index (χ1v) is 15.0. The fourth-order valence-electron chi connectivity index (χ4n) is 3.53. The van der Waals surface area contributed by atoms with Gasteiger partial charge in [0, 0.05) is 30.3 Å². The minimum atomic E-state index is 0.250. The number of nitrogens with one attached hydrogen (secondary N) is 1. The van der Waals surface area contributed by atoms with Crippen molar-refractivity contribution in [1.82, 2.24) is 5.32 Å². The van der Waals surface area contributed by atoms with Crippen LogP contribution in [0.3, 0.4) is 0 Å². The predicted molar refractivity (Wildman–Crippen MR) is 178 cm³/mol. The number of rotatable bonds is 12. The van der Waals surface area contributed by atoms with E-state index < -0.39 is 0 Å². The molecule has 1 aromatic carbocycles. The van der Waals surface area contributed by atoms with Crippen molar-refractivity contribution in [1.29, 1.82) is 0 Å². The van der Waals surface area contributed by atoms with Crippen LogP contribution in [0.1, 0.15) is 64.9 Å². The van der Waals surface area contributed by atoms with Crippen molar-refractivity contribution < 1.29 is 19.1 Å². The van der Waals surface area contributed by atoms with E-state index in [1.165, 1.54) is 55.7 Å². The summed E-state index contributed by atoms with van der Waals surface area (Å²) >= 11 is 1.74. The van der Waals surface area contributed by atoms with Gasteiger partial charge in [-0.15, -0.1) is 0 Å². The van der Waals surface area contributed by atoms with Crippen LogP contribution in [-0.2, 0) is 25.5 Å². The van der Waals surface area contributed by atoms with Gasteiger partial charge in [-0.1, -0.05) is 64.1 Å². The molecule has 0 bridgehead atoms. The van der Waals surface area contributed by atoms with Crippen molar-refractivity contribution in [3.63, 3.8) is 0 Å². The molecule has 41 heavy (non-hydrogen) atoms. The highest BCUT2D eigenvalue weighted by Gasteiger charge is 2.23. The summed E-state index contributed by atoms with van der Waals surface area (Å²) in [5.74, 6) is 1.48. The summed E-state index contributed by atoms with van der Waals surface area (Å²) in [7, 11) is 3.55. The van der Waals surface area contributed by atoms with Gasteiger partial charge in [0.1, 0.15) is 13.1 Å². The fraction of sp³-hybridized carbons (Fsp3) is 0.581. The normalized spacial score (nSPS) is 12.6. The van der Waals surface area contributed by atoms with Crippen LogP contribution >= 0.6 is 11.8 Å². The molecule has 1 aliphatic rings. The summed E-state index contributed by atoms with van der Waals surface area (Å²) in [6.07, 6.45) is 12.2. The molecule has 0 aromatic heterocycles. The lowest BCUT2D eigenvalue weighted by Crippen LogP contribution is -2.30. The Morgan fingerprint density at radius 2 is 1.71 bits per heavy atom. The van der Waals surface area contributed by atoms with Crippen molar-refractivity contribution in [3.8, 4) is 0 Å². The van der Waals surface area contributed by atoms with E-state index >= 15 is 0 Å². The number of amides is 1. The second-order valence-corrected chi connectivity index (χ2v) is 9.83. The first kappa shape index (κ1) is 45.5. The van der Waals surface area contributed by atoms with Gasteiger partial charge in [-0.3, -0.25) is 9.59 Å². The number of carbonyl (C=O) groups is 3. The second-order valence-electron chi connectivity index (χ2n) is 8.61. The van der Waals surface area contributed by atoms with Crippen LogP contribution in [0, 0.1) is 11.8 Å². The molecule has 1 aromatic rings. The molecular formula is C31H59N5O4S. The second kappa shape index (κ2) is 37.5. The number of ether oxygens (including phenoxy) is 1. The van der Waals surface area contributed by atoms with Gasteiger partial charge in [0.2, 0.25) is 6.41 Å². The zero-order chi connectivity index (χ0) is 32.3. The largest absolute Gasteiger partial charge is 0.398 e. The first-order valence-electron chi connectivity index (χ1n) is 14.2. The van der Waals surface area contributed by atoms with Crippen molar-refractivity contribution >= 4 is 36.9 Å². The van der Waals surface area contributed by atoms with Crippen LogP contribution in [0.5, 0.6) is 0 Å². The number of unbranched alkanes of at least 4 members (excludes halogenated alkanes) is 1. The summed E-state index contributed by atoms with van der Waals surface area (Å²) in [5, 5.41) is 3.37. The Hall–Kier alpha value is -2.50. The Kier molecular flexibility index (Phi) is 41.6. The molecule has 1 aliphatic heterocycles. The highest BCUT2D eigenvalue weighted by molar-refractivity contribution is 8.03. The Balaban J connectivity index is -0.000000333. The third-order valence-corrected chi connectivity index (χ3v) is 6.85. The number of primary amides is 1. The lowest BCUT2D eigenvalue weighted by Gasteiger charge is -2.30. The molecule has 1 heterocycles. The molecule has 1 unspecified atom stereocenters. The van der Waals surface area contributed by atoms with Crippen molar-refractivity contribution in [2.45, 2.75) is 70.6 Å². The van der Waals surface area contributed by atoms with E-state index in [0.717, 1.165) is 49.1 Å². The van der Waals surface area contributed by atoms with Crippen LogP contribution in [-0.4, -0.2) is 59.9 Å². The van der Waals surface area contributed by atoms with Crippen LogP contribution in [0.4, 0.5) is 5.69 Å². The van der Waals surface area contributed by atoms with Gasteiger partial charge in [-0.25, -0.2) is 0 Å². The number of aldehydes is 1. The molecule has 1 saturated heterocycles. The number of hydrogen-bond acceptors (Lipinski definition) is 9. The molecule has 1 fully saturated rings. The number of aryl methyl sites for hydroxylation is 1. The van der Waals surface area contributed by atoms with Crippen molar-refractivity contribution in [2.75, 3.05) is 46.1 Å². The molecule has 0 spiro atoms. The molecule has 1 amide bonds. The van der Waals surface area contributed by atoms with Gasteiger partial charge in [0.05, 0.1) is 0 Å². The van der Waals surface area contributed by atoms with E-state index in [0.29, 0.717) is 18.7 Å². The molecule has 238 valence electrons. The molecule has 9 N–H and O–H groups in total. The lowest BCUT2D eigenvalue weighted by molar-refractivity contribution is -0.107. The first-order chi connectivity index (χ1) is 19.9. The summed E-state index contributed by atoms with van der Waals surface area (Å²) in [6, 6.07) is 6.32. The van der Waals surface area contributed by atoms with Gasteiger partial charge < -0.3 is 37.8 Å². The number of hydrogen-bond donors (Lipinski definition) is 5. The third kappa shape index (κ3) is 28.8. The van der Waals surface area contributed by atoms with Crippen LogP contribution in [0.2, 0.25) is 0 Å². The topological polar surface area (TPSA) is 177 Å². The van der Waals surface area contributed by atoms with Crippen molar-refractivity contribution in [3.05, 3.63) is 47.4 Å². The van der Waals surface area contributed by atoms with E-state index in [1.807, 2.05) is 19.9 Å². The van der Waals surface area contributed by atoms with E-state index in [4.69, 9.17) is 25.8 Å². The number of carbonyl (C=O) groups excluding carboxylic acids is 3. The fourth-order valence-corrected chi connectivity index (χ4v) is 4.46. The van der Waals surface area contributed by atoms with E-state index in [1.54, 1.807) is 17.8 Å². The Bertz CT molecular complexity index is 758. The number of benzene rings is 1. The molecule has 0 aliphatic carbocycles. The standard InChI is InChI=1S/C20H32N2OS.C4H7NO.C4H10.CH3NO.CH5N.CH2O/c1-4-16-6-8-19(21)20(13-16)24-15(2)5-7-18(14-22-3)17-9-11-23-12-10-17;5-3-1-2-4-6;1-3-4-2;2-1-3;2*1-2/h6,8,13,17-18,22H,2,4-5,7,9-12,14,21H2,1,3H3;1-2,4H,3,5H2;3-4H2,1-2H3;1H,(H2,2,3);2H2,1H3;1H2/b;2-1+;;;;. The highest BCUT2D eigenvalue weighted by atomic mass is 32.2. The monoisotopic (exact) mass is 597 g/mol. The SMILES string of the molecule is C=C(CCC(CNC)C1CCOCC1)Sc1cc(CC)ccc1N.C=O.CCCC.CN.NC/C=C/C=O.NC=O. The zero-order valence-electron chi connectivity index (χ0n) is 26.2. The quantitative estimate of drug-likeness (QED) is 0.101. The maximum Gasteiger partial charge on any atom is 0.204 e. The number of allylic oxidation sites excluding steroid dienone is 2. The van der Waals surface area contributed by atoms with E-state index in [-0.39, 0.29) is 6.41 Å². The number of nitrogen functional groups attached to an aromatic ring is 1. The van der Waals surface area contributed by atoms with Gasteiger partial charge >= 0.3 is 0 Å². The van der Waals surface area contributed by atoms with Crippen LogP contribution in [0.15, 0.2) is 46.7 Å². The average molecular weight is 598 g/mol. The molecule has 10 heteroatoms. The van der Waals surface area contributed by atoms with Gasteiger partial charge in [0.15, 0.2) is 0 Å². The Labute approximate surface area is 254 Å². The molecule has 2 rings (SSSR count). The molecule has 9 nitrogen and oxygen atoms in total. The Morgan fingerprint density at radius 3 is 2.12 bits per heavy atom. The number of nitrogens with two attached hydrogens (primary N) is 4. The minimum Gasteiger partial charge on any atom is -0.398 e. The zero-order valence-corrected chi connectivity index (χ0v) is 27.1. The summed E-state index contributed by atoms with van der Waals surface area (Å²) < 4.78 is 5.51. The number of anilines is 1. The highest BCUT2D eigenvalue weighted by Crippen LogP contribution is 2.36. The summed E-state index contributed by atoms with van der Waals surface area (Å²) in [6.45, 7) is 16.2. The van der Waals surface area contributed by atoms with E-state index in [2.05, 4.69) is 56.3 Å². The van der Waals surface area contributed by atoms with Crippen LogP contribution in [0.25, 0.3) is 0 Å². The van der Waals surface area contributed by atoms with Gasteiger partial charge in [0.25, 0.3) is 0 Å². The minimum absolute atomic E-state index is 0.250. The smallest absolute Gasteiger partial charge is 0.204 e. The summed E-state index contributed by atoms with van der Waals surface area (Å²) in [5.41, 5.74) is 21.9. The van der Waals surface area contributed by atoms with Gasteiger partial charge in [-0.05, 0) is 93.3 Å². The average Bonchev–Trinajstić information content (AvgIpc) is 3.02. The lowest BCUT2D eigenvalue weighted by atomic mass is 9.83. The molecular weight excluding hydrogens is 538 g/mol.